The number of carbonyl (C=O) groups is 1. The maximum atomic E-state index is 12.0. The van der Waals surface area contributed by atoms with Gasteiger partial charge in [0, 0.05) is 17.3 Å². The van der Waals surface area contributed by atoms with Crippen LogP contribution in [0.3, 0.4) is 0 Å². The van der Waals surface area contributed by atoms with Crippen LogP contribution in [0, 0.1) is 6.92 Å². The molecule has 0 aromatic heterocycles. The number of anilines is 1. The van der Waals surface area contributed by atoms with Crippen molar-refractivity contribution in [1.82, 2.24) is 5.32 Å². The number of nitrogens with one attached hydrogen (secondary N) is 2. The van der Waals surface area contributed by atoms with Crippen molar-refractivity contribution in [3.05, 3.63) is 28.8 Å². The number of benzene rings is 1. The van der Waals surface area contributed by atoms with Gasteiger partial charge < -0.3 is 15.7 Å². The van der Waals surface area contributed by atoms with Crippen LogP contribution in [0.25, 0.3) is 0 Å². The summed E-state index contributed by atoms with van der Waals surface area (Å²) in [6, 6.07) is 5.08. The van der Waals surface area contributed by atoms with E-state index in [0.29, 0.717) is 17.3 Å². The summed E-state index contributed by atoms with van der Waals surface area (Å²) in [5.74, 6) is 0. The van der Waals surface area contributed by atoms with Crippen molar-refractivity contribution in [2.75, 3.05) is 11.9 Å². The van der Waals surface area contributed by atoms with E-state index >= 15 is 0 Å². The lowest BCUT2D eigenvalue weighted by Crippen LogP contribution is -2.44. The first-order valence-corrected chi connectivity index (χ1v) is 7.90. The predicted octanol–water partition coefficient (Wildman–Crippen LogP) is 3.86. The van der Waals surface area contributed by atoms with Gasteiger partial charge in [-0.25, -0.2) is 4.79 Å². The van der Waals surface area contributed by atoms with Gasteiger partial charge in [0.2, 0.25) is 0 Å². The molecular weight excluding hydrogens is 288 g/mol. The van der Waals surface area contributed by atoms with Gasteiger partial charge in [-0.1, -0.05) is 43.4 Å². The number of hydrogen-bond donors (Lipinski definition) is 3. The molecule has 0 bridgehead atoms. The summed E-state index contributed by atoms with van der Waals surface area (Å²) >= 11 is 6.02. The van der Waals surface area contributed by atoms with E-state index < -0.39 is 5.60 Å². The Morgan fingerprint density at radius 3 is 2.62 bits per heavy atom. The van der Waals surface area contributed by atoms with Gasteiger partial charge in [0.05, 0.1) is 5.60 Å². The lowest BCUT2D eigenvalue weighted by Gasteiger charge is -2.26. The topological polar surface area (TPSA) is 61.4 Å². The number of halogens is 1. The molecule has 1 aliphatic carbocycles. The van der Waals surface area contributed by atoms with E-state index in [2.05, 4.69) is 10.6 Å². The minimum atomic E-state index is -0.767. The van der Waals surface area contributed by atoms with Crippen molar-refractivity contribution in [2.24, 2.45) is 0 Å². The second-order valence-electron chi connectivity index (χ2n) is 5.86. The quantitative estimate of drug-likeness (QED) is 0.742. The first-order valence-electron chi connectivity index (χ1n) is 7.52. The van der Waals surface area contributed by atoms with Gasteiger partial charge in [0.1, 0.15) is 0 Å². The Morgan fingerprint density at radius 2 is 1.95 bits per heavy atom. The number of aliphatic hydroxyl groups is 1. The molecule has 0 atom stereocenters. The van der Waals surface area contributed by atoms with Crippen LogP contribution in [0.5, 0.6) is 0 Å². The van der Waals surface area contributed by atoms with Crippen molar-refractivity contribution in [2.45, 2.75) is 51.0 Å². The number of hydrogen-bond acceptors (Lipinski definition) is 2. The van der Waals surface area contributed by atoms with Crippen LogP contribution in [0.4, 0.5) is 10.5 Å². The SMILES string of the molecule is Cc1c(Cl)cccc1NC(=O)NCC1(O)CCCCCC1. The summed E-state index contributed by atoms with van der Waals surface area (Å²) in [6.45, 7) is 2.15. The molecule has 1 aromatic rings. The zero-order chi connectivity index (χ0) is 15.3. The maximum Gasteiger partial charge on any atom is 0.319 e. The molecule has 4 nitrogen and oxygen atoms in total. The summed E-state index contributed by atoms with van der Waals surface area (Å²) in [5, 5.41) is 16.7. The molecule has 0 saturated heterocycles. The van der Waals surface area contributed by atoms with E-state index in [4.69, 9.17) is 11.6 Å². The second kappa shape index (κ2) is 7.14. The standard InChI is InChI=1S/C16H23ClN2O2/c1-12-13(17)7-6-8-14(12)19-15(20)18-11-16(21)9-4-2-3-5-10-16/h6-8,21H,2-5,9-11H2,1H3,(H2,18,19,20). The van der Waals surface area contributed by atoms with Crippen molar-refractivity contribution in [3.8, 4) is 0 Å². The maximum absolute atomic E-state index is 12.0. The fourth-order valence-corrected chi connectivity index (χ4v) is 2.89. The van der Waals surface area contributed by atoms with Crippen molar-refractivity contribution in [1.29, 1.82) is 0 Å². The van der Waals surface area contributed by atoms with Gasteiger partial charge in [-0.15, -0.1) is 0 Å². The monoisotopic (exact) mass is 310 g/mol. The molecule has 5 heteroatoms. The first kappa shape index (κ1) is 16.1. The van der Waals surface area contributed by atoms with Crippen LogP contribution in [0.2, 0.25) is 5.02 Å². The Kier molecular flexibility index (Phi) is 5.48. The Balaban J connectivity index is 1.88. The largest absolute Gasteiger partial charge is 0.388 e. The Bertz CT molecular complexity index is 497. The van der Waals surface area contributed by atoms with Crippen LogP contribution in [0.15, 0.2) is 18.2 Å². The van der Waals surface area contributed by atoms with E-state index in [1.165, 1.54) is 0 Å². The molecule has 2 rings (SSSR count). The summed E-state index contributed by atoms with van der Waals surface area (Å²) in [4.78, 5) is 12.0. The number of amides is 2. The highest BCUT2D eigenvalue weighted by atomic mass is 35.5. The van der Waals surface area contributed by atoms with Gasteiger partial charge in [-0.05, 0) is 37.5 Å². The number of carbonyl (C=O) groups excluding carboxylic acids is 1. The van der Waals surface area contributed by atoms with E-state index in [9.17, 15) is 9.90 Å². The average Bonchev–Trinajstić information content (AvgIpc) is 2.67. The van der Waals surface area contributed by atoms with Gasteiger partial charge >= 0.3 is 6.03 Å². The normalized spacial score (nSPS) is 17.9. The molecule has 2 amide bonds. The Hall–Kier alpha value is -1.26. The zero-order valence-corrected chi connectivity index (χ0v) is 13.2. The fourth-order valence-electron chi connectivity index (χ4n) is 2.72. The van der Waals surface area contributed by atoms with E-state index in [1.807, 2.05) is 6.92 Å². The fraction of sp³-hybridized carbons (Fsp3) is 0.562. The molecule has 21 heavy (non-hydrogen) atoms. The predicted molar refractivity (Wildman–Crippen MR) is 85.9 cm³/mol. The lowest BCUT2D eigenvalue weighted by atomic mass is 9.95. The molecule has 3 N–H and O–H groups in total. The van der Waals surface area contributed by atoms with E-state index in [0.717, 1.165) is 44.1 Å². The molecule has 1 saturated carbocycles. The summed E-state index contributed by atoms with van der Waals surface area (Å²) in [6.07, 6.45) is 5.87. The minimum absolute atomic E-state index is 0.290. The summed E-state index contributed by atoms with van der Waals surface area (Å²) < 4.78 is 0. The molecule has 0 aliphatic heterocycles. The summed E-state index contributed by atoms with van der Waals surface area (Å²) in [5.41, 5.74) is 0.757. The molecule has 116 valence electrons. The lowest BCUT2D eigenvalue weighted by molar-refractivity contribution is 0.0281. The average molecular weight is 311 g/mol. The third kappa shape index (κ3) is 4.61. The van der Waals surface area contributed by atoms with Crippen LogP contribution in [-0.2, 0) is 0 Å². The highest BCUT2D eigenvalue weighted by Gasteiger charge is 2.28. The second-order valence-corrected chi connectivity index (χ2v) is 6.27. The first-order chi connectivity index (χ1) is 10.0. The van der Waals surface area contributed by atoms with Crippen molar-refractivity contribution in [3.63, 3.8) is 0 Å². The number of rotatable bonds is 3. The molecule has 0 heterocycles. The Morgan fingerprint density at radius 1 is 1.29 bits per heavy atom. The van der Waals surface area contributed by atoms with Crippen LogP contribution >= 0.6 is 11.6 Å². The number of urea groups is 1. The molecule has 0 radical (unpaired) electrons. The molecule has 0 spiro atoms. The highest BCUT2D eigenvalue weighted by Crippen LogP contribution is 2.26. The zero-order valence-electron chi connectivity index (χ0n) is 12.4. The van der Waals surface area contributed by atoms with Crippen LogP contribution < -0.4 is 10.6 Å². The van der Waals surface area contributed by atoms with E-state index in [1.54, 1.807) is 18.2 Å². The van der Waals surface area contributed by atoms with Crippen molar-refractivity contribution >= 4 is 23.3 Å². The molecule has 1 aromatic carbocycles. The van der Waals surface area contributed by atoms with Crippen LogP contribution in [-0.4, -0.2) is 23.3 Å². The third-order valence-electron chi connectivity index (χ3n) is 4.13. The molecule has 0 unspecified atom stereocenters. The van der Waals surface area contributed by atoms with Gasteiger partial charge in [-0.3, -0.25) is 0 Å². The minimum Gasteiger partial charge on any atom is -0.388 e. The Labute approximate surface area is 130 Å². The molecule has 1 aliphatic rings. The van der Waals surface area contributed by atoms with Gasteiger partial charge in [0.15, 0.2) is 0 Å². The molecule has 1 fully saturated rings. The van der Waals surface area contributed by atoms with E-state index in [-0.39, 0.29) is 6.03 Å². The highest BCUT2D eigenvalue weighted by molar-refractivity contribution is 6.31. The third-order valence-corrected chi connectivity index (χ3v) is 4.54. The van der Waals surface area contributed by atoms with Gasteiger partial charge in [-0.2, -0.15) is 0 Å². The van der Waals surface area contributed by atoms with Crippen LogP contribution in [0.1, 0.15) is 44.1 Å². The molecular formula is C16H23ClN2O2. The smallest absolute Gasteiger partial charge is 0.319 e. The van der Waals surface area contributed by atoms with Crippen molar-refractivity contribution < 1.29 is 9.90 Å². The van der Waals surface area contributed by atoms with Gasteiger partial charge in [0.25, 0.3) is 0 Å². The summed E-state index contributed by atoms with van der Waals surface area (Å²) in [7, 11) is 0.